The number of aryl methyl sites for hydroxylation is 1. The molecule has 1 heterocycles. The van der Waals surface area contributed by atoms with Crippen LogP contribution in [0.25, 0.3) is 0 Å². The molecule has 3 rings (SSSR count). The third kappa shape index (κ3) is 5.35. The van der Waals surface area contributed by atoms with E-state index < -0.39 is 0 Å². The van der Waals surface area contributed by atoms with E-state index in [1.165, 1.54) is 31.2 Å². The highest BCUT2D eigenvalue weighted by atomic mass is 16.5. The van der Waals surface area contributed by atoms with E-state index in [4.69, 9.17) is 4.74 Å². The highest BCUT2D eigenvalue weighted by Gasteiger charge is 2.32. The second-order valence-corrected chi connectivity index (χ2v) is 7.93. The summed E-state index contributed by atoms with van der Waals surface area (Å²) in [5, 5.41) is 3.16. The average molecular weight is 382 g/mol. The predicted octanol–water partition coefficient (Wildman–Crippen LogP) is 4.92. The van der Waals surface area contributed by atoms with Crippen molar-refractivity contribution in [3.63, 3.8) is 0 Å². The summed E-state index contributed by atoms with van der Waals surface area (Å²) in [4.78, 5) is 13.1. The van der Waals surface area contributed by atoms with E-state index in [0.717, 1.165) is 41.1 Å². The Balaban J connectivity index is 1.78. The summed E-state index contributed by atoms with van der Waals surface area (Å²) in [6, 6.07) is 16.5. The fourth-order valence-corrected chi connectivity index (χ4v) is 4.26. The summed E-state index contributed by atoms with van der Waals surface area (Å²) in [5.74, 6) is 0.828. The molecule has 1 N–H and O–H groups in total. The monoisotopic (exact) mass is 381 g/mol. The van der Waals surface area contributed by atoms with Crippen molar-refractivity contribution in [1.29, 1.82) is 0 Å². The van der Waals surface area contributed by atoms with Gasteiger partial charge >= 0.3 is 0 Å². The third-order valence-corrected chi connectivity index (χ3v) is 5.65. The van der Waals surface area contributed by atoms with Crippen LogP contribution < -0.4 is 10.1 Å². The maximum atomic E-state index is 13.1. The van der Waals surface area contributed by atoms with Crippen LogP contribution in [0.5, 0.6) is 5.75 Å². The van der Waals surface area contributed by atoms with Crippen LogP contribution in [-0.2, 0) is 11.3 Å². The minimum atomic E-state index is 0.0769. The van der Waals surface area contributed by atoms with Crippen molar-refractivity contribution in [2.75, 3.05) is 31.6 Å². The normalized spacial score (nSPS) is 16.2. The van der Waals surface area contributed by atoms with Crippen molar-refractivity contribution in [2.24, 2.45) is 0 Å². The van der Waals surface area contributed by atoms with E-state index in [-0.39, 0.29) is 5.91 Å². The van der Waals surface area contributed by atoms with Gasteiger partial charge in [-0.2, -0.15) is 0 Å². The number of hydrogen-bond donors (Lipinski definition) is 1. The van der Waals surface area contributed by atoms with Gasteiger partial charge in [0.15, 0.2) is 6.54 Å². The molecule has 0 aromatic heterocycles. The van der Waals surface area contributed by atoms with Gasteiger partial charge in [-0.15, -0.1) is 0 Å². The molecule has 0 bridgehead atoms. The second-order valence-electron chi connectivity index (χ2n) is 7.93. The predicted molar refractivity (Wildman–Crippen MR) is 114 cm³/mol. The Morgan fingerprint density at radius 1 is 1.00 bits per heavy atom. The van der Waals surface area contributed by atoms with E-state index in [0.29, 0.717) is 13.2 Å². The van der Waals surface area contributed by atoms with E-state index >= 15 is 0 Å². The van der Waals surface area contributed by atoms with Gasteiger partial charge in [-0.1, -0.05) is 42.5 Å². The first-order valence-corrected chi connectivity index (χ1v) is 10.5. The van der Waals surface area contributed by atoms with Crippen LogP contribution in [-0.4, -0.2) is 36.6 Å². The van der Waals surface area contributed by atoms with Gasteiger partial charge in [0.25, 0.3) is 5.91 Å². The number of anilines is 1. The number of quaternary nitrogens is 1. The molecule has 0 saturated carbocycles. The Morgan fingerprint density at radius 3 is 2.39 bits per heavy atom. The van der Waals surface area contributed by atoms with Crippen LogP contribution in [0.15, 0.2) is 48.5 Å². The van der Waals surface area contributed by atoms with Crippen LogP contribution in [0.2, 0.25) is 0 Å². The molecule has 2 aromatic carbocycles. The van der Waals surface area contributed by atoms with Crippen molar-refractivity contribution in [3.8, 4) is 5.75 Å². The summed E-state index contributed by atoms with van der Waals surface area (Å²) < 4.78 is 6.57. The number of benzene rings is 2. The van der Waals surface area contributed by atoms with Crippen molar-refractivity contribution < 1.29 is 14.0 Å². The Bertz CT molecular complexity index is 765. The topological polar surface area (TPSA) is 38.3 Å². The summed E-state index contributed by atoms with van der Waals surface area (Å²) in [5.41, 5.74) is 3.15. The van der Waals surface area contributed by atoms with Gasteiger partial charge in [0.2, 0.25) is 0 Å². The zero-order valence-electron chi connectivity index (χ0n) is 17.2. The molecule has 0 radical (unpaired) electrons. The number of carbonyl (C=O) groups excluding carboxylic acids is 1. The lowest BCUT2D eigenvalue weighted by atomic mass is 10.1. The van der Waals surface area contributed by atoms with E-state index in [2.05, 4.69) is 35.6 Å². The van der Waals surface area contributed by atoms with Crippen molar-refractivity contribution in [3.05, 3.63) is 59.7 Å². The minimum Gasteiger partial charge on any atom is -0.492 e. The summed E-state index contributed by atoms with van der Waals surface area (Å²) in [6.07, 6.45) is 4.91. The molecule has 0 unspecified atom stereocenters. The van der Waals surface area contributed by atoms with Crippen LogP contribution in [0.4, 0.5) is 5.69 Å². The van der Waals surface area contributed by atoms with Gasteiger partial charge in [0.05, 0.1) is 25.4 Å². The molecular formula is C24H33N2O2+. The fourth-order valence-electron chi connectivity index (χ4n) is 4.26. The first-order chi connectivity index (χ1) is 13.6. The highest BCUT2D eigenvalue weighted by Crippen LogP contribution is 2.29. The number of para-hydroxylation sites is 1. The molecule has 4 nitrogen and oxygen atoms in total. The van der Waals surface area contributed by atoms with E-state index in [1.807, 2.05) is 32.0 Å². The van der Waals surface area contributed by atoms with Crippen LogP contribution in [0.3, 0.4) is 0 Å². The van der Waals surface area contributed by atoms with Gasteiger partial charge in [-0.05, 0) is 51.2 Å². The summed E-state index contributed by atoms with van der Waals surface area (Å²) in [7, 11) is 0. The zero-order valence-corrected chi connectivity index (χ0v) is 17.2. The number of ether oxygens (including phenoxy) is 1. The number of rotatable bonds is 7. The van der Waals surface area contributed by atoms with Gasteiger partial charge in [-0.25, -0.2) is 0 Å². The Kier molecular flexibility index (Phi) is 7.10. The molecule has 1 fully saturated rings. The maximum Gasteiger partial charge on any atom is 0.279 e. The Labute approximate surface area is 169 Å². The molecule has 1 aliphatic heterocycles. The minimum absolute atomic E-state index is 0.0769. The smallest absolute Gasteiger partial charge is 0.279 e. The Hall–Kier alpha value is -2.33. The lowest BCUT2D eigenvalue weighted by Crippen LogP contribution is -2.52. The number of hydrogen-bond acceptors (Lipinski definition) is 2. The van der Waals surface area contributed by atoms with Crippen LogP contribution in [0, 0.1) is 6.92 Å². The highest BCUT2D eigenvalue weighted by molar-refractivity contribution is 5.94. The second kappa shape index (κ2) is 9.74. The molecule has 2 aromatic rings. The molecule has 0 aliphatic carbocycles. The first kappa shape index (κ1) is 20.4. The molecule has 0 atom stereocenters. The SMILES string of the molecule is CCOc1cccc(C)c1NC(=O)C[N+]1(Cc2ccccc2)CCCCCC1. The Morgan fingerprint density at radius 2 is 1.71 bits per heavy atom. The molecular weight excluding hydrogens is 348 g/mol. The van der Waals surface area contributed by atoms with Gasteiger partial charge < -0.3 is 14.5 Å². The lowest BCUT2D eigenvalue weighted by molar-refractivity contribution is -0.932. The van der Waals surface area contributed by atoms with Crippen molar-refractivity contribution >= 4 is 11.6 Å². The number of amides is 1. The number of nitrogens with zero attached hydrogens (tertiary/aromatic N) is 1. The first-order valence-electron chi connectivity index (χ1n) is 10.5. The fraction of sp³-hybridized carbons (Fsp3) is 0.458. The van der Waals surface area contributed by atoms with Crippen LogP contribution >= 0.6 is 0 Å². The summed E-state index contributed by atoms with van der Waals surface area (Å²) in [6.45, 7) is 8.11. The quantitative estimate of drug-likeness (QED) is 0.691. The zero-order chi connectivity index (χ0) is 19.8. The van der Waals surface area contributed by atoms with Crippen molar-refractivity contribution in [2.45, 2.75) is 46.1 Å². The largest absolute Gasteiger partial charge is 0.492 e. The van der Waals surface area contributed by atoms with E-state index in [1.54, 1.807) is 0 Å². The van der Waals surface area contributed by atoms with Gasteiger partial charge in [0.1, 0.15) is 12.3 Å². The molecule has 28 heavy (non-hydrogen) atoms. The molecule has 150 valence electrons. The molecule has 1 saturated heterocycles. The van der Waals surface area contributed by atoms with Crippen molar-refractivity contribution in [1.82, 2.24) is 0 Å². The lowest BCUT2D eigenvalue weighted by Gasteiger charge is -2.37. The average Bonchev–Trinajstić information content (AvgIpc) is 2.91. The van der Waals surface area contributed by atoms with Crippen LogP contribution in [0.1, 0.15) is 43.7 Å². The molecule has 4 heteroatoms. The molecule has 0 spiro atoms. The van der Waals surface area contributed by atoms with E-state index in [9.17, 15) is 4.79 Å². The number of carbonyl (C=O) groups is 1. The standard InChI is InChI=1S/C24H32N2O2/c1-3-28-22-15-11-12-20(2)24(22)25-23(27)19-26(16-9-4-5-10-17-26)18-21-13-7-6-8-14-21/h6-8,11-15H,3-5,9-10,16-19H2,1-2H3/p+1. The van der Waals surface area contributed by atoms with Gasteiger partial charge in [-0.3, -0.25) is 4.79 Å². The third-order valence-electron chi connectivity index (χ3n) is 5.65. The number of nitrogens with one attached hydrogen (secondary N) is 1. The molecule has 1 aliphatic rings. The molecule has 1 amide bonds. The number of likely N-dealkylation sites (tertiary alicyclic amines) is 1. The van der Waals surface area contributed by atoms with Gasteiger partial charge in [0, 0.05) is 5.56 Å². The maximum absolute atomic E-state index is 13.1. The summed E-state index contributed by atoms with van der Waals surface area (Å²) >= 11 is 0.